The van der Waals surface area contributed by atoms with Gasteiger partial charge in [0.1, 0.15) is 24.4 Å². The first kappa shape index (κ1) is 28.7. The molecule has 0 saturated carbocycles. The molecule has 1 amide bonds. The van der Waals surface area contributed by atoms with Crippen molar-refractivity contribution in [2.45, 2.75) is 52.8 Å². The monoisotopic (exact) mass is 513 g/mol. The Bertz CT molecular complexity index is 1140. The van der Waals surface area contributed by atoms with Crippen LogP contribution in [0.5, 0.6) is 5.75 Å². The molecule has 3 atom stereocenters. The molecule has 2 aromatic carbocycles. The minimum atomic E-state index is -3.40. The molecule has 0 saturated heterocycles. The van der Waals surface area contributed by atoms with E-state index < -0.39 is 31.5 Å². The predicted molar refractivity (Wildman–Crippen MR) is 140 cm³/mol. The van der Waals surface area contributed by atoms with Gasteiger partial charge < -0.3 is 14.6 Å². The fourth-order valence-corrected chi connectivity index (χ4v) is 4.90. The van der Waals surface area contributed by atoms with E-state index in [2.05, 4.69) is 20.4 Å². The highest BCUT2D eigenvalue weighted by molar-refractivity contribution is 7.57. The van der Waals surface area contributed by atoms with Gasteiger partial charge in [-0.25, -0.2) is 5.09 Å². The molecule has 0 radical (unpaired) electrons. The number of allylic oxidation sites excluding steroid dienone is 2. The van der Waals surface area contributed by atoms with Gasteiger partial charge in [0.2, 0.25) is 5.91 Å². The number of ether oxygens (including phenoxy) is 1. The van der Waals surface area contributed by atoms with Crippen LogP contribution in [0.25, 0.3) is 10.4 Å². The maximum Gasteiger partial charge on any atom is 0.323 e. The number of hydrogen-bond donors (Lipinski definition) is 2. The molecule has 11 heteroatoms. The Kier molecular flexibility index (Phi) is 11.2. The van der Waals surface area contributed by atoms with E-state index in [0.717, 1.165) is 5.57 Å². The first-order valence-electron chi connectivity index (χ1n) is 11.5. The van der Waals surface area contributed by atoms with Crippen molar-refractivity contribution >= 4 is 25.1 Å². The van der Waals surface area contributed by atoms with Crippen LogP contribution >= 0.6 is 7.52 Å². The molecule has 2 rings (SSSR count). The zero-order chi connectivity index (χ0) is 26.6. The van der Waals surface area contributed by atoms with E-state index in [-0.39, 0.29) is 12.8 Å². The fraction of sp³-hybridized carbons (Fsp3) is 0.360. The van der Waals surface area contributed by atoms with Crippen LogP contribution in [0.4, 0.5) is 5.69 Å². The average molecular weight is 514 g/mol. The third-order valence-electron chi connectivity index (χ3n) is 4.92. The molecule has 2 aromatic rings. The number of esters is 1. The summed E-state index contributed by atoms with van der Waals surface area (Å²) < 4.78 is 24.7. The standard InChI is InChI=1S/C25H32N5O5P/c1-18(2)9-8-16-36(33,35-23-10-6-5-7-11-23)29-20(4)25(32)34-17-21-12-14-22(15-13-21)27-24(31)19(3)28-30-26/h5-7,9-15,19-20H,8,16-17H2,1-4H3,(H,27,31)(H,29,33)/t19?,20-,36?/m0/s1. The van der Waals surface area contributed by atoms with E-state index in [4.69, 9.17) is 14.8 Å². The fourth-order valence-electron chi connectivity index (χ4n) is 3.00. The lowest BCUT2D eigenvalue weighted by Gasteiger charge is -2.23. The van der Waals surface area contributed by atoms with Crippen LogP contribution < -0.4 is 14.9 Å². The van der Waals surface area contributed by atoms with Gasteiger partial charge in [0, 0.05) is 10.6 Å². The summed E-state index contributed by atoms with van der Waals surface area (Å²) >= 11 is 0. The molecule has 192 valence electrons. The molecule has 0 bridgehead atoms. The third kappa shape index (κ3) is 9.96. The molecule has 0 aliphatic rings. The van der Waals surface area contributed by atoms with Crippen molar-refractivity contribution in [3.63, 3.8) is 0 Å². The smallest absolute Gasteiger partial charge is 0.323 e. The molecular formula is C25H32N5O5P. The van der Waals surface area contributed by atoms with Gasteiger partial charge in [-0.15, -0.1) is 0 Å². The summed E-state index contributed by atoms with van der Waals surface area (Å²) in [6.07, 6.45) is 2.72. The van der Waals surface area contributed by atoms with Crippen molar-refractivity contribution in [2.75, 3.05) is 11.5 Å². The van der Waals surface area contributed by atoms with Crippen LogP contribution in [-0.4, -0.2) is 30.1 Å². The Hall–Kier alpha value is -3.58. The second-order valence-electron chi connectivity index (χ2n) is 8.40. The van der Waals surface area contributed by atoms with Gasteiger partial charge in [0.25, 0.3) is 0 Å². The lowest BCUT2D eigenvalue weighted by Crippen LogP contribution is -2.35. The van der Waals surface area contributed by atoms with Crippen molar-refractivity contribution in [2.24, 2.45) is 5.11 Å². The summed E-state index contributed by atoms with van der Waals surface area (Å²) in [4.78, 5) is 27.1. The number of benzene rings is 2. The predicted octanol–water partition coefficient (Wildman–Crippen LogP) is 5.97. The number of rotatable bonds is 13. The Labute approximate surface area is 211 Å². The molecule has 0 heterocycles. The highest BCUT2D eigenvalue weighted by atomic mass is 31.2. The topological polar surface area (TPSA) is 142 Å². The number of nitrogens with zero attached hydrogens (tertiary/aromatic N) is 3. The van der Waals surface area contributed by atoms with Gasteiger partial charge in [-0.05, 0) is 69.5 Å². The van der Waals surface area contributed by atoms with Crippen molar-refractivity contribution in [3.05, 3.63) is 82.3 Å². The van der Waals surface area contributed by atoms with E-state index in [9.17, 15) is 14.2 Å². The quantitative estimate of drug-likeness (QED) is 0.0843. The number of hydrogen-bond acceptors (Lipinski definition) is 6. The van der Waals surface area contributed by atoms with Gasteiger partial charge >= 0.3 is 13.5 Å². The van der Waals surface area contributed by atoms with Gasteiger partial charge in [-0.1, -0.05) is 47.1 Å². The van der Waals surface area contributed by atoms with E-state index in [1.165, 1.54) is 6.92 Å². The molecular weight excluding hydrogens is 481 g/mol. The lowest BCUT2D eigenvalue weighted by molar-refractivity contribution is -0.146. The van der Waals surface area contributed by atoms with Crippen LogP contribution in [0.3, 0.4) is 0 Å². The molecule has 0 aliphatic carbocycles. The number of anilines is 1. The van der Waals surface area contributed by atoms with Crippen molar-refractivity contribution in [1.82, 2.24) is 5.09 Å². The number of amides is 1. The Morgan fingerprint density at radius 2 is 1.78 bits per heavy atom. The van der Waals surface area contributed by atoms with Gasteiger partial charge in [-0.2, -0.15) is 0 Å². The van der Waals surface area contributed by atoms with Gasteiger partial charge in [-0.3, -0.25) is 14.2 Å². The lowest BCUT2D eigenvalue weighted by atomic mass is 10.2. The number of carbonyl (C=O) groups excluding carboxylic acids is 2. The minimum absolute atomic E-state index is 0.00415. The first-order chi connectivity index (χ1) is 17.1. The normalized spacial score (nSPS) is 13.8. The van der Waals surface area contributed by atoms with E-state index in [1.54, 1.807) is 55.5 Å². The van der Waals surface area contributed by atoms with Crippen LogP contribution in [0.1, 0.15) is 39.7 Å². The summed E-state index contributed by atoms with van der Waals surface area (Å²) in [6.45, 7) is 6.98. The van der Waals surface area contributed by atoms with Crippen LogP contribution in [0, 0.1) is 0 Å². The maximum atomic E-state index is 13.5. The number of nitrogens with one attached hydrogen (secondary N) is 2. The highest BCUT2D eigenvalue weighted by Gasteiger charge is 2.29. The summed E-state index contributed by atoms with van der Waals surface area (Å²) in [5.41, 5.74) is 10.7. The van der Waals surface area contributed by atoms with E-state index >= 15 is 0 Å². The summed E-state index contributed by atoms with van der Waals surface area (Å²) in [5, 5.41) is 8.84. The third-order valence-corrected chi connectivity index (χ3v) is 7.06. The maximum absolute atomic E-state index is 13.5. The molecule has 0 aliphatic heterocycles. The van der Waals surface area contributed by atoms with Crippen LogP contribution in [0.15, 0.2) is 71.4 Å². The van der Waals surface area contributed by atoms with Gasteiger partial charge in [0.05, 0.1) is 6.16 Å². The Morgan fingerprint density at radius 3 is 2.39 bits per heavy atom. The molecule has 10 nitrogen and oxygen atoms in total. The number of azide groups is 1. The van der Waals surface area contributed by atoms with Gasteiger partial charge in [0.15, 0.2) is 0 Å². The van der Waals surface area contributed by atoms with Crippen LogP contribution in [-0.2, 0) is 25.5 Å². The largest absolute Gasteiger partial charge is 0.460 e. The minimum Gasteiger partial charge on any atom is -0.460 e. The SMILES string of the molecule is CC(C)=CCCP(=O)(N[C@@H](C)C(=O)OCc1ccc(NC(=O)C(C)N=[N+]=[N-])cc1)Oc1ccccc1. The molecule has 0 aromatic heterocycles. The highest BCUT2D eigenvalue weighted by Crippen LogP contribution is 2.44. The van der Waals surface area contributed by atoms with E-state index in [0.29, 0.717) is 23.4 Å². The number of carbonyl (C=O) groups is 2. The van der Waals surface area contributed by atoms with Crippen molar-refractivity contribution < 1.29 is 23.4 Å². The molecule has 0 fully saturated rings. The molecule has 2 N–H and O–H groups in total. The Balaban J connectivity index is 1.96. The summed E-state index contributed by atoms with van der Waals surface area (Å²) in [5.74, 6) is -0.555. The molecule has 0 spiro atoms. The van der Waals surface area contributed by atoms with Crippen molar-refractivity contribution in [3.8, 4) is 5.75 Å². The molecule has 2 unspecified atom stereocenters. The average Bonchev–Trinajstić information content (AvgIpc) is 2.83. The summed E-state index contributed by atoms with van der Waals surface area (Å²) in [6, 6.07) is 13.8. The first-order valence-corrected chi connectivity index (χ1v) is 13.3. The van der Waals surface area contributed by atoms with Crippen molar-refractivity contribution in [1.29, 1.82) is 0 Å². The second kappa shape index (κ2) is 14.1. The summed E-state index contributed by atoms with van der Waals surface area (Å²) in [7, 11) is -3.40. The van der Waals surface area contributed by atoms with E-state index in [1.807, 2.05) is 26.0 Å². The Morgan fingerprint density at radius 1 is 1.11 bits per heavy atom. The zero-order valence-corrected chi connectivity index (χ0v) is 21.8. The van der Waals surface area contributed by atoms with Crippen LogP contribution in [0.2, 0.25) is 0 Å². The zero-order valence-electron chi connectivity index (χ0n) is 20.9. The second-order valence-corrected chi connectivity index (χ2v) is 10.6. The number of para-hydroxylation sites is 1. The molecule has 36 heavy (non-hydrogen) atoms.